The highest BCUT2D eigenvalue weighted by molar-refractivity contribution is 5.84. The molecule has 4 rings (SSSR count). The zero-order valence-electron chi connectivity index (χ0n) is 18.2. The van der Waals surface area contributed by atoms with Crippen molar-refractivity contribution in [2.24, 2.45) is 5.41 Å². The first-order valence-corrected chi connectivity index (χ1v) is 10.7. The third-order valence-corrected chi connectivity index (χ3v) is 6.76. The molecule has 0 aliphatic carbocycles. The van der Waals surface area contributed by atoms with Gasteiger partial charge < -0.3 is 14.6 Å². The molecule has 1 spiro atoms. The second kappa shape index (κ2) is 8.26. The minimum Gasteiger partial charge on any atom is -0.497 e. The number of hydrogen-bond donors (Lipinski definition) is 1. The maximum atomic E-state index is 13.5. The van der Waals surface area contributed by atoms with Gasteiger partial charge in [-0.05, 0) is 57.4 Å². The maximum absolute atomic E-state index is 13.5. The summed E-state index contributed by atoms with van der Waals surface area (Å²) in [5.41, 5.74) is 3.39. The average molecular weight is 410 g/mol. The molecule has 1 atom stereocenters. The number of piperidine rings is 1. The lowest BCUT2D eigenvalue weighted by Crippen LogP contribution is -2.49. The van der Waals surface area contributed by atoms with Gasteiger partial charge in [-0.3, -0.25) is 14.5 Å². The number of H-pyrrole nitrogens is 1. The fraction of sp³-hybridized carbons (Fsp3) is 0.500. The first-order valence-electron chi connectivity index (χ1n) is 10.7. The number of pyridine rings is 1. The Bertz CT molecular complexity index is 999. The second-order valence-corrected chi connectivity index (χ2v) is 8.83. The van der Waals surface area contributed by atoms with Gasteiger partial charge in [0, 0.05) is 49.2 Å². The number of aromatic amines is 1. The van der Waals surface area contributed by atoms with Crippen LogP contribution in [-0.4, -0.2) is 47.4 Å². The van der Waals surface area contributed by atoms with Crippen molar-refractivity contribution < 1.29 is 9.53 Å². The fourth-order valence-electron chi connectivity index (χ4n) is 4.96. The molecule has 2 saturated heterocycles. The minimum atomic E-state index is -0.296. The number of methoxy groups -OCH3 is 1. The highest BCUT2D eigenvalue weighted by Gasteiger charge is 2.48. The SMILES string of the molecule is COc1cccc(CN2CCC[C@]3(CCN(Cc4[nH]cc(C)c(=O)c4C)C3)C2=O)c1. The van der Waals surface area contributed by atoms with E-state index >= 15 is 0 Å². The van der Waals surface area contributed by atoms with Gasteiger partial charge in [0.15, 0.2) is 5.43 Å². The van der Waals surface area contributed by atoms with Gasteiger partial charge in [-0.2, -0.15) is 0 Å². The topological polar surface area (TPSA) is 65.6 Å². The average Bonchev–Trinajstić information content (AvgIpc) is 3.15. The number of aryl methyl sites for hydroxylation is 1. The number of aromatic nitrogens is 1. The van der Waals surface area contributed by atoms with Crippen molar-refractivity contribution in [2.75, 3.05) is 26.7 Å². The van der Waals surface area contributed by atoms with Crippen LogP contribution in [-0.2, 0) is 17.9 Å². The van der Waals surface area contributed by atoms with Crippen LogP contribution in [0.25, 0.3) is 0 Å². The number of amides is 1. The summed E-state index contributed by atoms with van der Waals surface area (Å²) in [5, 5.41) is 0. The number of nitrogens with one attached hydrogen (secondary N) is 1. The molecule has 1 aromatic carbocycles. The predicted octanol–water partition coefficient (Wildman–Crippen LogP) is 3.02. The summed E-state index contributed by atoms with van der Waals surface area (Å²) in [6.07, 6.45) is 4.65. The summed E-state index contributed by atoms with van der Waals surface area (Å²) >= 11 is 0. The quantitative estimate of drug-likeness (QED) is 0.825. The van der Waals surface area contributed by atoms with Crippen LogP contribution >= 0.6 is 0 Å². The summed E-state index contributed by atoms with van der Waals surface area (Å²) in [6, 6.07) is 7.95. The largest absolute Gasteiger partial charge is 0.497 e. The Hall–Kier alpha value is -2.60. The molecule has 0 unspecified atom stereocenters. The number of rotatable bonds is 5. The molecule has 2 fully saturated rings. The third-order valence-electron chi connectivity index (χ3n) is 6.76. The van der Waals surface area contributed by atoms with Crippen molar-refractivity contribution in [2.45, 2.75) is 46.2 Å². The lowest BCUT2D eigenvalue weighted by molar-refractivity contribution is -0.146. The monoisotopic (exact) mass is 409 g/mol. The van der Waals surface area contributed by atoms with Crippen LogP contribution in [0, 0.1) is 19.3 Å². The summed E-state index contributed by atoms with van der Waals surface area (Å²) in [6.45, 7) is 7.48. The first kappa shape index (κ1) is 20.7. The van der Waals surface area contributed by atoms with Gasteiger partial charge in [0.2, 0.25) is 5.91 Å². The highest BCUT2D eigenvalue weighted by Crippen LogP contribution is 2.41. The minimum absolute atomic E-state index is 0.107. The Morgan fingerprint density at radius 3 is 2.77 bits per heavy atom. The molecular weight excluding hydrogens is 378 g/mol. The van der Waals surface area contributed by atoms with E-state index in [2.05, 4.69) is 16.0 Å². The van der Waals surface area contributed by atoms with Gasteiger partial charge >= 0.3 is 0 Å². The molecule has 1 N–H and O–H groups in total. The zero-order valence-corrected chi connectivity index (χ0v) is 18.2. The normalized spacial score (nSPS) is 22.1. The number of carbonyl (C=O) groups is 1. The number of nitrogens with zero attached hydrogens (tertiary/aromatic N) is 2. The van der Waals surface area contributed by atoms with Gasteiger partial charge in [0.05, 0.1) is 12.5 Å². The number of carbonyl (C=O) groups excluding carboxylic acids is 1. The molecule has 2 aromatic rings. The van der Waals surface area contributed by atoms with Crippen molar-refractivity contribution in [3.05, 3.63) is 63.1 Å². The molecular formula is C24H31N3O3. The molecule has 1 amide bonds. The predicted molar refractivity (Wildman–Crippen MR) is 117 cm³/mol. The Morgan fingerprint density at radius 1 is 1.13 bits per heavy atom. The third kappa shape index (κ3) is 3.88. The van der Waals surface area contributed by atoms with Gasteiger partial charge in [0.25, 0.3) is 0 Å². The lowest BCUT2D eigenvalue weighted by Gasteiger charge is -2.39. The van der Waals surface area contributed by atoms with E-state index in [9.17, 15) is 9.59 Å². The van der Waals surface area contributed by atoms with E-state index in [1.165, 1.54) is 0 Å². The number of benzene rings is 1. The van der Waals surface area contributed by atoms with Crippen LogP contribution in [0.2, 0.25) is 0 Å². The van der Waals surface area contributed by atoms with E-state index in [4.69, 9.17) is 4.74 Å². The Kier molecular flexibility index (Phi) is 5.69. The van der Waals surface area contributed by atoms with Crippen LogP contribution in [0.15, 0.2) is 35.3 Å². The molecule has 2 aliphatic rings. The van der Waals surface area contributed by atoms with Crippen molar-refractivity contribution in [1.82, 2.24) is 14.8 Å². The molecule has 0 bridgehead atoms. The van der Waals surface area contributed by atoms with Crippen LogP contribution in [0.4, 0.5) is 0 Å². The molecule has 6 heteroatoms. The van der Waals surface area contributed by atoms with Crippen molar-refractivity contribution in [1.29, 1.82) is 0 Å². The smallest absolute Gasteiger partial charge is 0.230 e. The van der Waals surface area contributed by atoms with E-state index in [1.54, 1.807) is 13.3 Å². The van der Waals surface area contributed by atoms with Crippen LogP contribution in [0.1, 0.15) is 41.6 Å². The van der Waals surface area contributed by atoms with E-state index < -0.39 is 0 Å². The summed E-state index contributed by atoms with van der Waals surface area (Å²) < 4.78 is 5.32. The molecule has 3 heterocycles. The number of hydrogen-bond acceptors (Lipinski definition) is 4. The van der Waals surface area contributed by atoms with E-state index in [0.717, 1.165) is 67.0 Å². The Labute approximate surface area is 177 Å². The van der Waals surface area contributed by atoms with Gasteiger partial charge in [-0.1, -0.05) is 12.1 Å². The molecule has 160 valence electrons. The van der Waals surface area contributed by atoms with E-state index in [0.29, 0.717) is 13.1 Å². The van der Waals surface area contributed by atoms with Crippen LogP contribution in [0.3, 0.4) is 0 Å². The van der Waals surface area contributed by atoms with Crippen molar-refractivity contribution in [3.63, 3.8) is 0 Å². The maximum Gasteiger partial charge on any atom is 0.230 e. The fourth-order valence-corrected chi connectivity index (χ4v) is 4.96. The zero-order chi connectivity index (χ0) is 21.3. The molecule has 0 radical (unpaired) electrons. The number of ether oxygens (including phenoxy) is 1. The molecule has 2 aliphatic heterocycles. The Morgan fingerprint density at radius 2 is 1.97 bits per heavy atom. The second-order valence-electron chi connectivity index (χ2n) is 8.83. The van der Waals surface area contributed by atoms with Crippen molar-refractivity contribution >= 4 is 5.91 Å². The molecule has 1 aromatic heterocycles. The first-order chi connectivity index (χ1) is 14.4. The van der Waals surface area contributed by atoms with Crippen molar-refractivity contribution in [3.8, 4) is 5.75 Å². The Balaban J connectivity index is 1.46. The highest BCUT2D eigenvalue weighted by atomic mass is 16.5. The lowest BCUT2D eigenvalue weighted by atomic mass is 9.78. The standard InChI is InChI=1S/C24H31N3O3/c1-17-13-25-21(18(2)22(17)28)15-26-11-9-24(16-26)8-5-10-27(23(24)29)14-19-6-4-7-20(12-19)30-3/h4,6-7,12-13H,5,8-11,14-16H2,1-3H3,(H,25,28)/t24-/m1/s1. The van der Waals surface area contributed by atoms with Crippen LogP contribution < -0.4 is 10.2 Å². The molecule has 0 saturated carbocycles. The summed E-state index contributed by atoms with van der Waals surface area (Å²) in [5.74, 6) is 1.09. The summed E-state index contributed by atoms with van der Waals surface area (Å²) in [7, 11) is 1.66. The van der Waals surface area contributed by atoms with E-state index in [1.807, 2.05) is 36.9 Å². The van der Waals surface area contributed by atoms with Gasteiger partial charge in [-0.25, -0.2) is 0 Å². The summed E-state index contributed by atoms with van der Waals surface area (Å²) in [4.78, 5) is 33.4. The van der Waals surface area contributed by atoms with Gasteiger partial charge in [-0.15, -0.1) is 0 Å². The van der Waals surface area contributed by atoms with Crippen LogP contribution in [0.5, 0.6) is 5.75 Å². The number of likely N-dealkylation sites (tertiary alicyclic amines) is 2. The van der Waals surface area contributed by atoms with Gasteiger partial charge in [0.1, 0.15) is 5.75 Å². The molecule has 6 nitrogen and oxygen atoms in total. The van der Waals surface area contributed by atoms with E-state index in [-0.39, 0.29) is 16.8 Å². The molecule has 30 heavy (non-hydrogen) atoms.